The van der Waals surface area contributed by atoms with E-state index in [9.17, 15) is 9.59 Å². The molecule has 2 N–H and O–H groups in total. The zero-order valence-corrected chi connectivity index (χ0v) is 11.5. The highest BCUT2D eigenvalue weighted by Gasteiger charge is 2.11. The van der Waals surface area contributed by atoms with Gasteiger partial charge in [0, 0.05) is 6.54 Å². The fourth-order valence-electron chi connectivity index (χ4n) is 1.59. The van der Waals surface area contributed by atoms with Crippen molar-refractivity contribution in [1.82, 2.24) is 10.7 Å². The van der Waals surface area contributed by atoms with Gasteiger partial charge in [-0.05, 0) is 24.6 Å². The third kappa shape index (κ3) is 4.61. The Balaban J connectivity index is 1.77. The lowest BCUT2D eigenvalue weighted by molar-refractivity contribution is -0.139. The Labute approximate surface area is 121 Å². The van der Waals surface area contributed by atoms with Crippen molar-refractivity contribution in [3.8, 4) is 0 Å². The Morgan fingerprint density at radius 2 is 1.90 bits per heavy atom. The minimum Gasteiger partial charge on any atom is -0.460 e. The molecule has 0 aliphatic rings. The predicted octanol–water partition coefficient (Wildman–Crippen LogP) is 1.35. The minimum absolute atomic E-state index is 0.286. The van der Waals surface area contributed by atoms with E-state index in [2.05, 4.69) is 15.8 Å². The summed E-state index contributed by atoms with van der Waals surface area (Å²) in [6.45, 7) is 2.08. The molecular formula is C15H15N3O3. The van der Waals surface area contributed by atoms with Crippen LogP contribution in [0, 0.1) is 6.92 Å². The molecule has 2 rings (SSSR count). The van der Waals surface area contributed by atoms with Gasteiger partial charge in [0.15, 0.2) is 0 Å². The normalized spacial score (nSPS) is 10.5. The van der Waals surface area contributed by atoms with E-state index in [-0.39, 0.29) is 6.54 Å². The molecule has 0 saturated carbocycles. The van der Waals surface area contributed by atoms with Crippen LogP contribution in [0.1, 0.15) is 17.1 Å². The number of benzene rings is 1. The van der Waals surface area contributed by atoms with Gasteiger partial charge in [-0.1, -0.05) is 30.3 Å². The monoisotopic (exact) mass is 285 g/mol. The summed E-state index contributed by atoms with van der Waals surface area (Å²) in [5.74, 6) is -0.335. The molecule has 108 valence electrons. The highest BCUT2D eigenvalue weighted by molar-refractivity contribution is 6.35. The smallest absolute Gasteiger partial charge is 0.329 e. The fourth-order valence-corrected chi connectivity index (χ4v) is 1.59. The maximum absolute atomic E-state index is 11.5. The van der Waals surface area contributed by atoms with Gasteiger partial charge < -0.3 is 9.73 Å². The van der Waals surface area contributed by atoms with E-state index in [0.29, 0.717) is 5.76 Å². The third-order valence-corrected chi connectivity index (χ3v) is 2.62. The van der Waals surface area contributed by atoms with Crippen molar-refractivity contribution in [2.45, 2.75) is 13.5 Å². The molecule has 2 amide bonds. The number of rotatable bonds is 4. The van der Waals surface area contributed by atoms with Crippen molar-refractivity contribution in [3.05, 3.63) is 59.5 Å². The second-order valence-electron chi connectivity index (χ2n) is 4.32. The summed E-state index contributed by atoms with van der Waals surface area (Å²) in [5, 5.41) is 6.16. The number of furan rings is 1. The van der Waals surface area contributed by atoms with Gasteiger partial charge in [-0.25, -0.2) is 5.43 Å². The molecule has 1 aromatic carbocycles. The lowest BCUT2D eigenvalue weighted by atomic mass is 10.2. The Bertz CT molecular complexity index is 647. The topological polar surface area (TPSA) is 83.7 Å². The molecule has 0 unspecified atom stereocenters. The molecule has 1 aromatic heterocycles. The number of aryl methyl sites for hydroxylation is 1. The molecule has 0 saturated heterocycles. The Hall–Kier alpha value is -2.89. The van der Waals surface area contributed by atoms with E-state index in [0.717, 1.165) is 11.3 Å². The second kappa shape index (κ2) is 7.04. The standard InChI is InChI=1S/C15H15N3O3/c1-11-7-8-13(21-11)10-17-18-15(20)14(19)16-9-12-5-3-2-4-6-12/h2-8,10H,9H2,1H3,(H,16,19)(H,18,20)/b17-10-. The van der Waals surface area contributed by atoms with Crippen LogP contribution in [0.25, 0.3) is 0 Å². The average Bonchev–Trinajstić information content (AvgIpc) is 2.91. The molecule has 1 heterocycles. The first kappa shape index (κ1) is 14.5. The predicted molar refractivity (Wildman–Crippen MR) is 77.5 cm³/mol. The molecule has 2 aromatic rings. The van der Waals surface area contributed by atoms with E-state index in [1.165, 1.54) is 6.21 Å². The number of amides is 2. The number of carbonyl (C=O) groups excluding carboxylic acids is 2. The maximum atomic E-state index is 11.5. The Kier molecular flexibility index (Phi) is 4.87. The van der Waals surface area contributed by atoms with Crippen molar-refractivity contribution >= 4 is 18.0 Å². The number of hydrazone groups is 1. The van der Waals surface area contributed by atoms with Gasteiger partial charge in [-0.2, -0.15) is 5.10 Å². The Morgan fingerprint density at radius 1 is 1.14 bits per heavy atom. The van der Waals surface area contributed by atoms with Crippen LogP contribution in [0.5, 0.6) is 0 Å². The Morgan fingerprint density at radius 3 is 2.57 bits per heavy atom. The number of nitrogens with one attached hydrogen (secondary N) is 2. The summed E-state index contributed by atoms with van der Waals surface area (Å²) in [4.78, 5) is 23.0. The van der Waals surface area contributed by atoms with Gasteiger partial charge >= 0.3 is 11.8 Å². The van der Waals surface area contributed by atoms with E-state index in [1.807, 2.05) is 30.3 Å². The molecular weight excluding hydrogens is 270 g/mol. The molecule has 0 atom stereocenters. The van der Waals surface area contributed by atoms with Crippen molar-refractivity contribution in [3.63, 3.8) is 0 Å². The first-order valence-electron chi connectivity index (χ1n) is 6.37. The molecule has 21 heavy (non-hydrogen) atoms. The van der Waals surface area contributed by atoms with Crippen LogP contribution in [-0.2, 0) is 16.1 Å². The van der Waals surface area contributed by atoms with Crippen molar-refractivity contribution < 1.29 is 14.0 Å². The highest BCUT2D eigenvalue weighted by Crippen LogP contribution is 2.02. The van der Waals surface area contributed by atoms with E-state index < -0.39 is 11.8 Å². The molecule has 0 radical (unpaired) electrons. The van der Waals surface area contributed by atoms with Gasteiger partial charge in [0.05, 0.1) is 6.21 Å². The molecule has 0 aliphatic heterocycles. The molecule has 6 heteroatoms. The SMILES string of the molecule is Cc1ccc(/C=N\NC(=O)C(=O)NCc2ccccc2)o1. The maximum Gasteiger partial charge on any atom is 0.329 e. The first-order valence-corrected chi connectivity index (χ1v) is 6.37. The van der Waals surface area contributed by atoms with Crippen molar-refractivity contribution in [1.29, 1.82) is 0 Å². The van der Waals surface area contributed by atoms with Gasteiger partial charge in [-0.15, -0.1) is 0 Å². The zero-order valence-electron chi connectivity index (χ0n) is 11.5. The minimum atomic E-state index is -0.828. The lowest BCUT2D eigenvalue weighted by Crippen LogP contribution is -2.37. The van der Waals surface area contributed by atoms with E-state index in [1.54, 1.807) is 19.1 Å². The molecule has 0 aliphatic carbocycles. The van der Waals surface area contributed by atoms with Crippen LogP contribution in [0.15, 0.2) is 52.0 Å². The lowest BCUT2D eigenvalue weighted by Gasteiger charge is -2.03. The van der Waals surface area contributed by atoms with Gasteiger partial charge in [0.25, 0.3) is 0 Å². The van der Waals surface area contributed by atoms with Crippen molar-refractivity contribution in [2.75, 3.05) is 0 Å². The van der Waals surface area contributed by atoms with Crippen LogP contribution in [0.2, 0.25) is 0 Å². The average molecular weight is 285 g/mol. The third-order valence-electron chi connectivity index (χ3n) is 2.62. The summed E-state index contributed by atoms with van der Waals surface area (Å²) in [6, 6.07) is 12.8. The van der Waals surface area contributed by atoms with E-state index in [4.69, 9.17) is 4.42 Å². The van der Waals surface area contributed by atoms with Crippen LogP contribution in [0.3, 0.4) is 0 Å². The summed E-state index contributed by atoms with van der Waals surface area (Å²) >= 11 is 0. The molecule has 0 fully saturated rings. The summed E-state index contributed by atoms with van der Waals surface area (Å²) < 4.78 is 5.23. The summed E-state index contributed by atoms with van der Waals surface area (Å²) in [5.41, 5.74) is 3.05. The number of hydrogen-bond donors (Lipinski definition) is 2. The largest absolute Gasteiger partial charge is 0.460 e. The zero-order chi connectivity index (χ0) is 15.1. The number of hydrogen-bond acceptors (Lipinski definition) is 4. The quantitative estimate of drug-likeness (QED) is 0.505. The number of carbonyl (C=O) groups is 2. The molecule has 0 spiro atoms. The van der Waals surface area contributed by atoms with Crippen LogP contribution in [-0.4, -0.2) is 18.0 Å². The van der Waals surface area contributed by atoms with Crippen LogP contribution < -0.4 is 10.7 Å². The van der Waals surface area contributed by atoms with Crippen molar-refractivity contribution in [2.24, 2.45) is 5.10 Å². The van der Waals surface area contributed by atoms with Gasteiger partial charge in [-0.3, -0.25) is 9.59 Å². The van der Waals surface area contributed by atoms with Gasteiger partial charge in [0.2, 0.25) is 0 Å². The second-order valence-corrected chi connectivity index (χ2v) is 4.32. The van der Waals surface area contributed by atoms with Gasteiger partial charge in [0.1, 0.15) is 11.5 Å². The van der Waals surface area contributed by atoms with E-state index >= 15 is 0 Å². The van der Waals surface area contributed by atoms with Crippen LogP contribution >= 0.6 is 0 Å². The summed E-state index contributed by atoms with van der Waals surface area (Å²) in [7, 11) is 0. The molecule has 0 bridgehead atoms. The first-order chi connectivity index (χ1) is 10.1. The highest BCUT2D eigenvalue weighted by atomic mass is 16.3. The number of nitrogens with zero attached hydrogens (tertiary/aromatic N) is 1. The molecule has 6 nitrogen and oxygen atoms in total. The fraction of sp³-hybridized carbons (Fsp3) is 0.133. The van der Waals surface area contributed by atoms with Crippen LogP contribution in [0.4, 0.5) is 0 Å². The summed E-state index contributed by atoms with van der Waals surface area (Å²) in [6.07, 6.45) is 1.33.